The van der Waals surface area contributed by atoms with Crippen LogP contribution in [0.4, 0.5) is 5.69 Å². The topological polar surface area (TPSA) is 52.2 Å². The van der Waals surface area contributed by atoms with E-state index in [2.05, 4.69) is 51.9 Å². The first-order valence-electron chi connectivity index (χ1n) is 12.5. The zero-order valence-corrected chi connectivity index (χ0v) is 24.8. The van der Waals surface area contributed by atoms with Gasteiger partial charge in [-0.25, -0.2) is 0 Å². The summed E-state index contributed by atoms with van der Waals surface area (Å²) >= 11 is 13.7. The summed E-state index contributed by atoms with van der Waals surface area (Å²) in [5.41, 5.74) is 1.22. The third-order valence-electron chi connectivity index (χ3n) is 6.44. The molecule has 2 aromatic carbocycles. The Labute approximate surface area is 246 Å². The maximum absolute atomic E-state index is 5.89. The Morgan fingerprint density at radius 1 is 0.838 bits per heavy atom. The summed E-state index contributed by atoms with van der Waals surface area (Å²) < 4.78 is 23.7. The molecule has 3 aliphatic rings. The number of hydrogen-bond donors (Lipinski definition) is 1. The van der Waals surface area contributed by atoms with E-state index in [-0.39, 0.29) is 19.0 Å². The largest absolute Gasteiger partial charge is 0.371 e. The first-order valence-corrected chi connectivity index (χ1v) is 14.3. The van der Waals surface area contributed by atoms with Crippen LogP contribution in [0.25, 0.3) is 0 Å². The van der Waals surface area contributed by atoms with Gasteiger partial charge in [0.1, 0.15) is 0 Å². The first-order chi connectivity index (χ1) is 17.4. The number of halogens is 3. The van der Waals surface area contributed by atoms with Crippen LogP contribution in [-0.4, -0.2) is 64.7 Å². The van der Waals surface area contributed by atoms with Crippen LogP contribution < -0.4 is 10.2 Å². The van der Waals surface area contributed by atoms with Crippen LogP contribution in [0.5, 0.6) is 0 Å². The van der Waals surface area contributed by atoms with Crippen molar-refractivity contribution in [1.29, 1.82) is 0 Å². The van der Waals surface area contributed by atoms with Crippen molar-refractivity contribution in [3.8, 4) is 0 Å². The second kappa shape index (κ2) is 16.5. The molecular formula is C28H41Cl2IN2O4. The van der Waals surface area contributed by atoms with Crippen LogP contribution in [0.1, 0.15) is 40.0 Å². The molecule has 0 unspecified atom stereocenters. The van der Waals surface area contributed by atoms with Gasteiger partial charge in [0.15, 0.2) is 11.6 Å². The van der Waals surface area contributed by atoms with Crippen LogP contribution >= 0.6 is 45.8 Å². The predicted octanol–water partition coefficient (Wildman–Crippen LogP) is 7.01. The molecule has 5 rings (SSSR count). The number of rotatable bonds is 5. The summed E-state index contributed by atoms with van der Waals surface area (Å²) in [7, 11) is 1.94. The van der Waals surface area contributed by atoms with Gasteiger partial charge in [0, 0.05) is 51.7 Å². The van der Waals surface area contributed by atoms with Gasteiger partial charge in [-0.3, -0.25) is 0 Å². The molecule has 1 N–H and O–H groups in total. The van der Waals surface area contributed by atoms with Crippen LogP contribution in [-0.2, 0) is 18.9 Å². The molecule has 0 bridgehead atoms. The van der Waals surface area contributed by atoms with Crippen molar-refractivity contribution in [2.75, 3.05) is 58.0 Å². The van der Waals surface area contributed by atoms with Gasteiger partial charge >= 0.3 is 0 Å². The van der Waals surface area contributed by atoms with Crippen LogP contribution in [0, 0.1) is 3.57 Å². The van der Waals surface area contributed by atoms with Crippen LogP contribution in [0.15, 0.2) is 48.5 Å². The number of piperidine rings is 1. The van der Waals surface area contributed by atoms with Crippen molar-refractivity contribution in [3.05, 3.63) is 62.1 Å². The van der Waals surface area contributed by atoms with Crippen molar-refractivity contribution in [2.24, 2.45) is 0 Å². The number of nitrogens with one attached hydrogen (secondary N) is 1. The predicted molar refractivity (Wildman–Crippen MR) is 162 cm³/mol. The maximum Gasteiger partial charge on any atom is 0.171 e. The van der Waals surface area contributed by atoms with Crippen molar-refractivity contribution in [1.82, 2.24) is 5.32 Å². The van der Waals surface area contributed by atoms with Gasteiger partial charge in [-0.1, -0.05) is 37.6 Å². The van der Waals surface area contributed by atoms with Crippen molar-refractivity contribution < 1.29 is 18.9 Å². The fourth-order valence-electron chi connectivity index (χ4n) is 4.31. The smallest absolute Gasteiger partial charge is 0.171 e. The number of hydrogen-bond acceptors (Lipinski definition) is 6. The van der Waals surface area contributed by atoms with Gasteiger partial charge in [0.05, 0.1) is 26.4 Å². The summed E-state index contributed by atoms with van der Waals surface area (Å²) in [4.78, 5) is 2.35. The van der Waals surface area contributed by atoms with Gasteiger partial charge in [0.2, 0.25) is 0 Å². The van der Waals surface area contributed by atoms with Crippen LogP contribution in [0.2, 0.25) is 10.0 Å². The number of anilines is 1. The van der Waals surface area contributed by atoms with E-state index in [0.29, 0.717) is 0 Å². The second-order valence-electron chi connectivity index (χ2n) is 8.82. The Morgan fingerprint density at radius 2 is 1.32 bits per heavy atom. The molecule has 0 radical (unpaired) electrons. The van der Waals surface area contributed by atoms with E-state index in [1.165, 1.54) is 9.26 Å². The molecule has 0 aliphatic carbocycles. The molecule has 0 atom stereocenters. The number of nitrogens with zero attached hydrogens (tertiary/aromatic N) is 1. The quantitative estimate of drug-likeness (QED) is 0.347. The lowest BCUT2D eigenvalue weighted by atomic mass is 10.0. The molecule has 9 heteroatoms. The van der Waals surface area contributed by atoms with Gasteiger partial charge in [-0.05, 0) is 91.1 Å². The van der Waals surface area contributed by atoms with Gasteiger partial charge < -0.3 is 29.2 Å². The summed E-state index contributed by atoms with van der Waals surface area (Å²) in [6, 6.07) is 15.7. The molecule has 208 valence electrons. The highest BCUT2D eigenvalue weighted by Crippen LogP contribution is 2.33. The summed E-state index contributed by atoms with van der Waals surface area (Å²) in [6.45, 7) is 7.97. The zero-order chi connectivity index (χ0) is 25.9. The minimum Gasteiger partial charge on any atom is -0.371 e. The third-order valence-corrected chi connectivity index (χ3v) is 7.67. The lowest BCUT2D eigenvalue weighted by Gasteiger charge is -2.38. The Bertz CT molecular complexity index is 859. The molecule has 0 saturated carbocycles. The van der Waals surface area contributed by atoms with E-state index >= 15 is 0 Å². The number of benzene rings is 2. The molecule has 1 spiro atoms. The Hall–Kier alpha value is -0.650. The molecule has 3 aliphatic heterocycles. The Balaban J connectivity index is 0.000000209. The highest BCUT2D eigenvalue weighted by atomic mass is 127. The normalized spacial score (nSPS) is 19.3. The average Bonchev–Trinajstić information content (AvgIpc) is 3.57. The molecule has 0 amide bonds. The molecule has 3 saturated heterocycles. The fraction of sp³-hybridized carbons (Fsp3) is 0.571. The summed E-state index contributed by atoms with van der Waals surface area (Å²) in [5.74, 6) is -0.564. The van der Waals surface area contributed by atoms with E-state index in [4.69, 9.17) is 42.1 Å². The SMILES string of the molecule is C.CCC1(CCNC)OCCO1.Clc1ccc(I)cc1.Clc1ccc(N2CCC3(CC2)OCCO3)cc1. The number of ether oxygens (including phenoxy) is 4. The summed E-state index contributed by atoms with van der Waals surface area (Å²) in [6.07, 6.45) is 3.76. The molecule has 3 heterocycles. The minimum atomic E-state index is -0.289. The van der Waals surface area contributed by atoms with Gasteiger partial charge in [-0.2, -0.15) is 0 Å². The molecule has 37 heavy (non-hydrogen) atoms. The van der Waals surface area contributed by atoms with E-state index < -0.39 is 0 Å². The van der Waals surface area contributed by atoms with Gasteiger partial charge in [0.25, 0.3) is 0 Å². The summed E-state index contributed by atoms with van der Waals surface area (Å²) in [5, 5.41) is 4.67. The van der Waals surface area contributed by atoms with Gasteiger partial charge in [-0.15, -0.1) is 0 Å². The Morgan fingerprint density at radius 3 is 1.78 bits per heavy atom. The second-order valence-corrected chi connectivity index (χ2v) is 10.9. The lowest BCUT2D eigenvalue weighted by Crippen LogP contribution is -2.45. The van der Waals surface area contributed by atoms with E-state index in [9.17, 15) is 0 Å². The van der Waals surface area contributed by atoms with Crippen LogP contribution in [0.3, 0.4) is 0 Å². The van der Waals surface area contributed by atoms with Crippen molar-refractivity contribution in [3.63, 3.8) is 0 Å². The lowest BCUT2D eigenvalue weighted by molar-refractivity contribution is -0.169. The molecule has 2 aromatic rings. The zero-order valence-electron chi connectivity index (χ0n) is 21.1. The highest BCUT2D eigenvalue weighted by molar-refractivity contribution is 14.1. The molecule has 3 fully saturated rings. The maximum atomic E-state index is 5.89. The first kappa shape index (κ1) is 32.6. The fourth-order valence-corrected chi connectivity index (χ4v) is 4.92. The molecule has 0 aromatic heterocycles. The molecule has 6 nitrogen and oxygen atoms in total. The Kier molecular flexibility index (Phi) is 14.5. The van der Waals surface area contributed by atoms with Crippen molar-refractivity contribution in [2.45, 2.75) is 51.6 Å². The minimum absolute atomic E-state index is 0. The van der Waals surface area contributed by atoms with E-state index in [1.54, 1.807) is 0 Å². The monoisotopic (exact) mass is 666 g/mol. The third kappa shape index (κ3) is 10.4. The average molecular weight is 667 g/mol. The highest BCUT2D eigenvalue weighted by Gasteiger charge is 2.39. The van der Waals surface area contributed by atoms with E-state index in [0.717, 1.165) is 81.8 Å². The standard InChI is InChI=1S/C13H16ClNO2.C8H17NO2.C6H4ClI.CH4/c14-11-1-3-12(4-2-11)15-7-5-13(6-8-15)16-9-10-17-13;1-3-8(4-5-9-2)10-6-7-11-8;7-5-1-3-6(8)4-2-5;/h1-4H,5-10H2;9H,3-7H2,1-2H3;1-4H;1H4. The van der Waals surface area contributed by atoms with E-state index in [1.807, 2.05) is 43.4 Å². The van der Waals surface area contributed by atoms with Crippen molar-refractivity contribution >= 4 is 51.5 Å². The molecular weight excluding hydrogens is 626 g/mol.